The van der Waals surface area contributed by atoms with Crippen molar-refractivity contribution >= 4 is 34.4 Å². The summed E-state index contributed by atoms with van der Waals surface area (Å²) >= 11 is 0.973. The number of hydrogen-bond donors (Lipinski definition) is 4. The van der Waals surface area contributed by atoms with E-state index in [0.717, 1.165) is 43.3 Å². The van der Waals surface area contributed by atoms with E-state index in [1.54, 1.807) is 12.1 Å². The summed E-state index contributed by atoms with van der Waals surface area (Å²) in [6, 6.07) is 6.68. The van der Waals surface area contributed by atoms with E-state index in [2.05, 4.69) is 25.9 Å². The maximum atomic E-state index is 14.0. The first kappa shape index (κ1) is 26.1. The third kappa shape index (κ3) is 6.06. The van der Waals surface area contributed by atoms with Crippen molar-refractivity contribution in [2.75, 3.05) is 32.5 Å². The van der Waals surface area contributed by atoms with E-state index in [-0.39, 0.29) is 18.0 Å². The van der Waals surface area contributed by atoms with Gasteiger partial charge in [-0.3, -0.25) is 9.59 Å². The molecule has 192 valence electrons. The van der Waals surface area contributed by atoms with Crippen molar-refractivity contribution in [3.63, 3.8) is 0 Å². The minimum absolute atomic E-state index is 0.0349. The van der Waals surface area contributed by atoms with Crippen LogP contribution in [0.15, 0.2) is 41.5 Å². The molecule has 4 atom stereocenters. The van der Waals surface area contributed by atoms with Crippen LogP contribution in [-0.4, -0.2) is 77.4 Å². The lowest BCUT2D eigenvalue weighted by molar-refractivity contribution is 0.0918. The summed E-state index contributed by atoms with van der Waals surface area (Å²) in [7, 11) is 3.94. The van der Waals surface area contributed by atoms with Gasteiger partial charge in [0.15, 0.2) is 11.0 Å². The first-order valence-electron chi connectivity index (χ1n) is 11.6. The number of carbonyl (C=O) groups is 2. The van der Waals surface area contributed by atoms with E-state index in [9.17, 15) is 18.4 Å². The van der Waals surface area contributed by atoms with Crippen molar-refractivity contribution in [2.45, 2.75) is 36.3 Å². The molecule has 3 unspecified atom stereocenters. The Bertz CT molecular complexity index is 1120. The number of amides is 1. The van der Waals surface area contributed by atoms with Crippen molar-refractivity contribution < 1.29 is 18.4 Å². The Morgan fingerprint density at radius 3 is 2.61 bits per heavy atom. The predicted octanol–water partition coefficient (Wildman–Crippen LogP) is 1.82. The van der Waals surface area contributed by atoms with Gasteiger partial charge in [0.05, 0.1) is 17.2 Å². The second kappa shape index (κ2) is 11.4. The monoisotopic (exact) mass is 517 g/mol. The number of likely N-dealkylation sites (N-methyl/N-ethyl adjacent to an activating group) is 1. The standard InChI is InChI=1S/C24H29F2N7O2S/c1-33(2)12-17(16-7-4-10-28-16)30-23(35)13-8-9-18(29-11-13)31-24-32-22(27)21(36-24)20(34)19-14(25)5-3-6-15(19)26/h3,5-6,8-9,11,16-17,21-22,28H,4,7,10,12,27H2,1-2H3,(H,30,35)(H,29,31,32)/t16?,17-,21?,22?/m0/s1. The number of benzene rings is 1. The average Bonchev–Trinajstić information content (AvgIpc) is 3.48. The molecule has 0 radical (unpaired) electrons. The molecule has 1 aromatic carbocycles. The summed E-state index contributed by atoms with van der Waals surface area (Å²) < 4.78 is 28.1. The van der Waals surface area contributed by atoms with E-state index in [1.807, 2.05) is 19.0 Å². The van der Waals surface area contributed by atoms with Gasteiger partial charge in [0.25, 0.3) is 5.91 Å². The molecular weight excluding hydrogens is 488 g/mol. The molecular formula is C24H29F2N7O2S. The van der Waals surface area contributed by atoms with Crippen LogP contribution in [0.25, 0.3) is 0 Å². The quantitative estimate of drug-likeness (QED) is 0.391. The van der Waals surface area contributed by atoms with Crippen molar-refractivity contribution in [1.82, 2.24) is 20.5 Å². The Kier molecular flexibility index (Phi) is 8.29. The largest absolute Gasteiger partial charge is 0.346 e. The van der Waals surface area contributed by atoms with Gasteiger partial charge in [0.1, 0.15) is 28.9 Å². The highest BCUT2D eigenvalue weighted by molar-refractivity contribution is 8.15. The second-order valence-electron chi connectivity index (χ2n) is 9.03. The zero-order valence-electron chi connectivity index (χ0n) is 20.0. The first-order chi connectivity index (χ1) is 17.2. The van der Waals surface area contributed by atoms with Gasteiger partial charge in [-0.05, 0) is 57.7 Å². The molecule has 1 amide bonds. The van der Waals surface area contributed by atoms with Gasteiger partial charge < -0.3 is 26.6 Å². The molecule has 2 aliphatic heterocycles. The number of rotatable bonds is 8. The molecule has 0 spiro atoms. The number of carbonyl (C=O) groups excluding carboxylic acids is 2. The van der Waals surface area contributed by atoms with Gasteiger partial charge in [-0.2, -0.15) is 0 Å². The molecule has 2 aromatic rings. The van der Waals surface area contributed by atoms with Crippen LogP contribution in [0.3, 0.4) is 0 Å². The van der Waals surface area contributed by atoms with Gasteiger partial charge >= 0.3 is 0 Å². The number of pyridine rings is 1. The molecule has 5 N–H and O–H groups in total. The summed E-state index contributed by atoms with van der Waals surface area (Å²) in [4.78, 5) is 36.1. The molecule has 12 heteroatoms. The maximum Gasteiger partial charge on any atom is 0.253 e. The summed E-state index contributed by atoms with van der Waals surface area (Å²) in [6.45, 7) is 1.66. The van der Waals surface area contributed by atoms with Crippen molar-refractivity contribution in [1.29, 1.82) is 0 Å². The average molecular weight is 518 g/mol. The number of ketones is 1. The number of halogens is 2. The third-order valence-electron chi connectivity index (χ3n) is 6.01. The number of nitrogens with zero attached hydrogens (tertiary/aromatic N) is 3. The molecule has 1 aromatic heterocycles. The Labute approximate surface area is 212 Å². The van der Waals surface area contributed by atoms with Gasteiger partial charge in [-0.15, -0.1) is 0 Å². The van der Waals surface area contributed by atoms with Gasteiger partial charge in [0, 0.05) is 18.8 Å². The second-order valence-corrected chi connectivity index (χ2v) is 10.2. The van der Waals surface area contributed by atoms with Crippen molar-refractivity contribution in [2.24, 2.45) is 10.7 Å². The van der Waals surface area contributed by atoms with Crippen LogP contribution in [-0.2, 0) is 0 Å². The number of amidine groups is 1. The lowest BCUT2D eigenvalue weighted by Crippen LogP contribution is -2.52. The highest BCUT2D eigenvalue weighted by Crippen LogP contribution is 2.29. The van der Waals surface area contributed by atoms with E-state index >= 15 is 0 Å². The highest BCUT2D eigenvalue weighted by Gasteiger charge is 2.37. The van der Waals surface area contributed by atoms with Gasteiger partial charge in [-0.25, -0.2) is 18.8 Å². The van der Waals surface area contributed by atoms with Crippen LogP contribution in [0, 0.1) is 11.6 Å². The SMILES string of the molecule is CN(C)C[C@H](NC(=O)c1ccc(NC2=NC(N)C(C(=O)c3c(F)cccc3F)S2)nc1)C1CCCN1. The maximum absolute atomic E-state index is 14.0. The molecule has 0 aliphatic carbocycles. The summed E-state index contributed by atoms with van der Waals surface area (Å²) in [5, 5.41) is 8.80. The lowest BCUT2D eigenvalue weighted by atomic mass is 10.1. The van der Waals surface area contributed by atoms with Crippen LogP contribution < -0.4 is 21.7 Å². The fourth-order valence-corrected chi connectivity index (χ4v) is 5.27. The Balaban J connectivity index is 1.37. The number of anilines is 1. The molecule has 0 saturated carbocycles. The molecule has 2 aliphatic rings. The molecule has 9 nitrogen and oxygen atoms in total. The van der Waals surface area contributed by atoms with Gasteiger partial charge in [-0.1, -0.05) is 17.8 Å². The third-order valence-corrected chi connectivity index (χ3v) is 7.18. The topological polar surface area (TPSA) is 125 Å². The minimum atomic E-state index is -0.984. The molecule has 1 fully saturated rings. The van der Waals surface area contributed by atoms with Gasteiger partial charge in [0.2, 0.25) is 0 Å². The Morgan fingerprint density at radius 1 is 1.25 bits per heavy atom. The first-order valence-corrected chi connectivity index (χ1v) is 12.5. The van der Waals surface area contributed by atoms with Crippen LogP contribution in [0.5, 0.6) is 0 Å². The minimum Gasteiger partial charge on any atom is -0.346 e. The fraction of sp³-hybridized carbons (Fsp3) is 0.417. The van der Waals surface area contributed by atoms with Crippen LogP contribution in [0.4, 0.5) is 14.6 Å². The number of thioether (sulfide) groups is 1. The summed E-state index contributed by atoms with van der Waals surface area (Å²) in [6.07, 6.45) is 2.56. The number of hydrogen-bond acceptors (Lipinski definition) is 9. The molecule has 1 saturated heterocycles. The molecule has 4 rings (SSSR count). The van der Waals surface area contributed by atoms with Crippen molar-refractivity contribution in [3.8, 4) is 0 Å². The fourth-order valence-electron chi connectivity index (χ4n) is 4.25. The summed E-state index contributed by atoms with van der Waals surface area (Å²) in [5.41, 5.74) is 5.74. The number of nitrogens with one attached hydrogen (secondary N) is 3. The highest BCUT2D eigenvalue weighted by atomic mass is 32.2. The van der Waals surface area contributed by atoms with Crippen LogP contribution in [0.1, 0.15) is 33.6 Å². The number of aliphatic imine (C=N–C) groups is 1. The Morgan fingerprint density at radius 2 is 2.00 bits per heavy atom. The van der Waals surface area contributed by atoms with Crippen LogP contribution >= 0.6 is 11.8 Å². The normalized spacial score (nSPS) is 22.4. The Hall–Kier alpha value is -2.93. The smallest absolute Gasteiger partial charge is 0.253 e. The molecule has 36 heavy (non-hydrogen) atoms. The number of nitrogens with two attached hydrogens (primary N) is 1. The molecule has 0 bridgehead atoms. The van der Waals surface area contributed by atoms with E-state index in [1.165, 1.54) is 12.3 Å². The summed E-state index contributed by atoms with van der Waals surface area (Å²) in [5.74, 6) is -2.49. The number of Topliss-reactive ketones (excluding diaryl/α,β-unsaturated/α-hetero) is 1. The zero-order valence-corrected chi connectivity index (χ0v) is 20.8. The van der Waals surface area contributed by atoms with E-state index < -0.39 is 34.4 Å². The van der Waals surface area contributed by atoms with E-state index in [4.69, 9.17) is 5.73 Å². The lowest BCUT2D eigenvalue weighted by Gasteiger charge is -2.27. The van der Waals surface area contributed by atoms with Crippen molar-refractivity contribution in [3.05, 3.63) is 59.3 Å². The predicted molar refractivity (Wildman–Crippen MR) is 136 cm³/mol. The zero-order chi connectivity index (χ0) is 25.8. The number of aromatic nitrogens is 1. The van der Waals surface area contributed by atoms with Crippen LogP contribution in [0.2, 0.25) is 0 Å². The molecule has 3 heterocycles. The van der Waals surface area contributed by atoms with E-state index in [0.29, 0.717) is 23.1 Å².